The molecule has 0 aliphatic heterocycles. The molecule has 6 heteroatoms. The molecule has 0 bridgehead atoms. The molecule has 0 unspecified atom stereocenters. The number of nitrogens with one attached hydrogen (secondary N) is 1. The van der Waals surface area contributed by atoms with Gasteiger partial charge in [-0.1, -0.05) is 18.2 Å². The van der Waals surface area contributed by atoms with Gasteiger partial charge in [0.1, 0.15) is 17.4 Å². The summed E-state index contributed by atoms with van der Waals surface area (Å²) < 4.78 is 6.02. The Kier molecular flexibility index (Phi) is 3.67. The molecule has 4 rings (SSSR count). The van der Waals surface area contributed by atoms with Crippen molar-refractivity contribution in [1.82, 2.24) is 9.97 Å². The summed E-state index contributed by atoms with van der Waals surface area (Å²) in [5.41, 5.74) is 0.866. The van der Waals surface area contributed by atoms with Crippen molar-refractivity contribution in [3.05, 3.63) is 48.1 Å². The van der Waals surface area contributed by atoms with Crippen molar-refractivity contribution >= 4 is 33.3 Å². The first-order valence-electron chi connectivity index (χ1n) is 7.50. The predicted octanol–water partition coefficient (Wildman–Crippen LogP) is 3.49. The number of benzene rings is 1. The van der Waals surface area contributed by atoms with Gasteiger partial charge in [-0.15, -0.1) is 11.3 Å². The minimum Gasteiger partial charge on any atom is -0.488 e. The van der Waals surface area contributed by atoms with E-state index in [2.05, 4.69) is 15.3 Å². The van der Waals surface area contributed by atoms with Gasteiger partial charge in [0.25, 0.3) is 0 Å². The van der Waals surface area contributed by atoms with Gasteiger partial charge < -0.3 is 10.1 Å². The van der Waals surface area contributed by atoms with E-state index >= 15 is 0 Å². The van der Waals surface area contributed by atoms with Gasteiger partial charge in [0.05, 0.1) is 0 Å². The zero-order chi connectivity index (χ0) is 15.6. The Labute approximate surface area is 137 Å². The largest absolute Gasteiger partial charge is 0.488 e. The molecule has 3 aromatic rings. The average molecular weight is 325 g/mol. The first-order chi connectivity index (χ1) is 11.3. The van der Waals surface area contributed by atoms with Gasteiger partial charge in [-0.25, -0.2) is 4.98 Å². The molecule has 23 heavy (non-hydrogen) atoms. The Morgan fingerprint density at radius 1 is 1.17 bits per heavy atom. The summed E-state index contributed by atoms with van der Waals surface area (Å²) in [6.45, 7) is 0. The number of carbonyl (C=O) groups excluding carboxylic acids is 1. The van der Waals surface area contributed by atoms with Crippen molar-refractivity contribution in [3.63, 3.8) is 0 Å². The van der Waals surface area contributed by atoms with E-state index in [1.807, 2.05) is 35.7 Å². The fraction of sp³-hybridized carbons (Fsp3) is 0.235. The first kappa shape index (κ1) is 14.1. The molecule has 2 aromatic heterocycles. The number of hydrogen-bond donors (Lipinski definition) is 1. The van der Waals surface area contributed by atoms with Crippen LogP contribution < -0.4 is 10.1 Å². The van der Waals surface area contributed by atoms with Gasteiger partial charge in [-0.2, -0.15) is 0 Å². The third kappa shape index (κ3) is 2.90. The Morgan fingerprint density at radius 2 is 2.04 bits per heavy atom. The van der Waals surface area contributed by atoms with Crippen LogP contribution in [0.15, 0.2) is 48.1 Å². The van der Waals surface area contributed by atoms with Crippen molar-refractivity contribution in [2.45, 2.75) is 18.9 Å². The number of amides is 1. The standard InChI is InChI=1S/C17H15N3O2S/c21-16(20-17-19-7-8-23-17)12-9-13(10-12)22-14-5-1-3-11-4-2-6-18-15(11)14/h1-8,12-13H,9-10H2,(H,19,20,21)/t12-,13-. The van der Waals surface area contributed by atoms with E-state index in [4.69, 9.17) is 4.74 Å². The van der Waals surface area contributed by atoms with Gasteiger partial charge in [0, 0.05) is 29.1 Å². The molecule has 1 amide bonds. The number of carbonyl (C=O) groups is 1. The molecule has 0 radical (unpaired) electrons. The van der Waals surface area contributed by atoms with E-state index < -0.39 is 0 Å². The summed E-state index contributed by atoms with van der Waals surface area (Å²) >= 11 is 1.43. The molecule has 0 atom stereocenters. The molecule has 0 spiro atoms. The Bertz CT molecular complexity index is 823. The number of anilines is 1. The van der Waals surface area contributed by atoms with E-state index in [-0.39, 0.29) is 17.9 Å². The highest BCUT2D eigenvalue weighted by Crippen LogP contribution is 2.34. The highest BCUT2D eigenvalue weighted by Gasteiger charge is 2.36. The van der Waals surface area contributed by atoms with E-state index in [0.717, 1.165) is 29.5 Å². The van der Waals surface area contributed by atoms with Crippen molar-refractivity contribution < 1.29 is 9.53 Å². The van der Waals surface area contributed by atoms with Crippen LogP contribution in [-0.4, -0.2) is 22.0 Å². The van der Waals surface area contributed by atoms with Gasteiger partial charge in [-0.05, 0) is 25.0 Å². The Hall–Kier alpha value is -2.47. The number of ether oxygens (including phenoxy) is 1. The van der Waals surface area contributed by atoms with Crippen molar-refractivity contribution in [2.75, 3.05) is 5.32 Å². The van der Waals surface area contributed by atoms with E-state index in [9.17, 15) is 4.79 Å². The third-order valence-electron chi connectivity index (χ3n) is 4.02. The lowest BCUT2D eigenvalue weighted by molar-refractivity contribution is -0.125. The van der Waals surface area contributed by atoms with Crippen molar-refractivity contribution in [1.29, 1.82) is 0 Å². The van der Waals surface area contributed by atoms with Gasteiger partial charge in [0.2, 0.25) is 5.91 Å². The zero-order valence-electron chi connectivity index (χ0n) is 12.3. The number of hydrogen-bond acceptors (Lipinski definition) is 5. The highest BCUT2D eigenvalue weighted by molar-refractivity contribution is 7.13. The lowest BCUT2D eigenvalue weighted by atomic mass is 9.81. The summed E-state index contributed by atoms with van der Waals surface area (Å²) in [4.78, 5) is 20.5. The van der Waals surface area contributed by atoms with Crippen LogP contribution in [0.2, 0.25) is 0 Å². The molecule has 2 heterocycles. The molecule has 1 aliphatic carbocycles. The molecule has 1 aliphatic rings. The molecule has 0 saturated heterocycles. The molecule has 1 fully saturated rings. The quantitative estimate of drug-likeness (QED) is 0.797. The molecular formula is C17H15N3O2S. The van der Waals surface area contributed by atoms with Crippen LogP contribution in [0.4, 0.5) is 5.13 Å². The Balaban J connectivity index is 1.38. The predicted molar refractivity (Wildman–Crippen MR) is 89.6 cm³/mol. The van der Waals surface area contributed by atoms with Gasteiger partial charge in [-0.3, -0.25) is 9.78 Å². The first-order valence-corrected chi connectivity index (χ1v) is 8.38. The lowest BCUT2D eigenvalue weighted by Crippen LogP contribution is -2.40. The SMILES string of the molecule is O=C(Nc1nccs1)[C@H]1C[C@H](Oc2cccc3cccnc23)C1. The monoisotopic (exact) mass is 325 g/mol. The molecular weight excluding hydrogens is 310 g/mol. The maximum Gasteiger partial charge on any atom is 0.229 e. The number of fused-ring (bicyclic) bond motifs is 1. The van der Waals surface area contributed by atoms with Crippen LogP contribution in [0, 0.1) is 5.92 Å². The molecule has 116 valence electrons. The minimum atomic E-state index is -0.00756. The summed E-state index contributed by atoms with van der Waals surface area (Å²) in [5.74, 6) is 0.801. The lowest BCUT2D eigenvalue weighted by Gasteiger charge is -2.34. The van der Waals surface area contributed by atoms with Crippen LogP contribution in [-0.2, 0) is 4.79 Å². The summed E-state index contributed by atoms with van der Waals surface area (Å²) in [7, 11) is 0. The number of rotatable bonds is 4. The zero-order valence-corrected chi connectivity index (χ0v) is 13.1. The topological polar surface area (TPSA) is 64.1 Å². The maximum atomic E-state index is 12.1. The van der Waals surface area contributed by atoms with Crippen LogP contribution >= 0.6 is 11.3 Å². The number of nitrogens with zero attached hydrogens (tertiary/aromatic N) is 2. The van der Waals surface area contributed by atoms with Crippen LogP contribution in [0.1, 0.15) is 12.8 Å². The van der Waals surface area contributed by atoms with Gasteiger partial charge in [0.15, 0.2) is 5.13 Å². The fourth-order valence-electron chi connectivity index (χ4n) is 2.72. The second kappa shape index (κ2) is 5.96. The molecule has 1 N–H and O–H groups in total. The normalized spacial score (nSPS) is 20.0. The van der Waals surface area contributed by atoms with E-state index in [0.29, 0.717) is 5.13 Å². The summed E-state index contributed by atoms with van der Waals surface area (Å²) in [6, 6.07) is 9.83. The van der Waals surface area contributed by atoms with Gasteiger partial charge >= 0.3 is 0 Å². The van der Waals surface area contributed by atoms with Crippen LogP contribution in [0.5, 0.6) is 5.75 Å². The van der Waals surface area contributed by atoms with Crippen LogP contribution in [0.3, 0.4) is 0 Å². The number of para-hydroxylation sites is 1. The molecule has 1 saturated carbocycles. The summed E-state index contributed by atoms with van der Waals surface area (Å²) in [6.07, 6.45) is 4.95. The number of aromatic nitrogens is 2. The van der Waals surface area contributed by atoms with E-state index in [1.54, 1.807) is 12.4 Å². The smallest absolute Gasteiger partial charge is 0.229 e. The third-order valence-corrected chi connectivity index (χ3v) is 4.71. The second-order valence-corrected chi connectivity index (χ2v) is 6.46. The minimum absolute atomic E-state index is 0.00756. The molecule has 1 aromatic carbocycles. The van der Waals surface area contributed by atoms with Crippen molar-refractivity contribution in [3.8, 4) is 5.75 Å². The van der Waals surface area contributed by atoms with E-state index in [1.165, 1.54) is 11.3 Å². The maximum absolute atomic E-state index is 12.1. The summed E-state index contributed by atoms with van der Waals surface area (Å²) in [5, 5.41) is 6.39. The van der Waals surface area contributed by atoms with Crippen molar-refractivity contribution in [2.24, 2.45) is 5.92 Å². The number of pyridine rings is 1. The second-order valence-electron chi connectivity index (χ2n) is 5.57. The molecule has 5 nitrogen and oxygen atoms in total. The number of thiazole rings is 1. The average Bonchev–Trinajstić information content (AvgIpc) is 3.03. The van der Waals surface area contributed by atoms with Crippen LogP contribution in [0.25, 0.3) is 10.9 Å². The highest BCUT2D eigenvalue weighted by atomic mass is 32.1. The Morgan fingerprint density at radius 3 is 2.87 bits per heavy atom. The fourth-order valence-corrected chi connectivity index (χ4v) is 3.25.